The number of rotatable bonds is 3. The molecule has 0 fully saturated rings. The molecule has 195 valence electrons. The maximum Gasteiger partial charge on any atom is 0.0777 e. The molecule has 0 bridgehead atoms. The molecule has 2 aromatic heterocycles. The molecule has 4 heteroatoms. The molecule has 0 saturated carbocycles. The fourth-order valence-corrected chi connectivity index (χ4v) is 4.77. The van der Waals surface area contributed by atoms with Crippen molar-refractivity contribution in [1.82, 2.24) is 14.5 Å². The summed E-state index contributed by atoms with van der Waals surface area (Å²) in [5.41, 5.74) is 10.9. The minimum absolute atomic E-state index is 0. The van der Waals surface area contributed by atoms with Gasteiger partial charge in [0, 0.05) is 32.8 Å². The number of benzene rings is 3. The summed E-state index contributed by atoms with van der Waals surface area (Å²) in [5, 5.41) is 0. The number of hydrogen-bond donors (Lipinski definition) is 0. The predicted molar refractivity (Wildman–Crippen MR) is 154 cm³/mol. The van der Waals surface area contributed by atoms with Gasteiger partial charge in [-0.25, -0.2) is 0 Å². The number of imidazole rings is 1. The van der Waals surface area contributed by atoms with Crippen LogP contribution in [-0.2, 0) is 26.7 Å². The van der Waals surface area contributed by atoms with Gasteiger partial charge in [0.05, 0.1) is 16.9 Å². The van der Waals surface area contributed by atoms with Gasteiger partial charge in [0.1, 0.15) is 0 Å². The number of pyridine rings is 1. The van der Waals surface area contributed by atoms with Gasteiger partial charge >= 0.3 is 0 Å². The average Bonchev–Trinajstić information content (AvgIpc) is 3.25. The zero-order valence-corrected chi connectivity index (χ0v) is 25.1. The first-order valence-electron chi connectivity index (χ1n) is 12.8. The fraction of sp³-hybridized carbons (Fsp3) is 0.235. The summed E-state index contributed by atoms with van der Waals surface area (Å²) < 4.78 is 2.36. The van der Waals surface area contributed by atoms with Crippen molar-refractivity contribution in [2.75, 3.05) is 0 Å². The largest absolute Gasteiger partial charge is 0.360 e. The Bertz CT molecular complexity index is 1490. The third kappa shape index (κ3) is 6.38. The third-order valence-electron chi connectivity index (χ3n) is 6.38. The van der Waals surface area contributed by atoms with Crippen LogP contribution in [0.1, 0.15) is 43.9 Å². The summed E-state index contributed by atoms with van der Waals surface area (Å²) >= 11 is 0. The first-order valence-corrected chi connectivity index (χ1v) is 12.8. The molecular weight excluding hydrogens is 643 g/mol. The Morgan fingerprint density at radius 1 is 0.868 bits per heavy atom. The second-order valence-electron chi connectivity index (χ2n) is 11.1. The molecule has 0 atom stereocenters. The number of para-hydroxylation sites is 1. The van der Waals surface area contributed by atoms with Crippen molar-refractivity contribution in [2.24, 2.45) is 5.41 Å². The van der Waals surface area contributed by atoms with Crippen molar-refractivity contribution in [2.45, 2.75) is 47.6 Å². The molecule has 1 radical (unpaired) electrons. The topological polar surface area (TPSA) is 30.7 Å². The Balaban J connectivity index is 0.000000193. The second kappa shape index (κ2) is 11.6. The molecule has 1 aliphatic heterocycles. The number of hydrogen-bond acceptors (Lipinski definition) is 2. The van der Waals surface area contributed by atoms with Gasteiger partial charge in [0.25, 0.3) is 0 Å². The van der Waals surface area contributed by atoms with Crippen molar-refractivity contribution in [1.29, 1.82) is 0 Å². The van der Waals surface area contributed by atoms with Gasteiger partial charge in [-0.2, -0.15) is 0 Å². The molecule has 3 heterocycles. The minimum atomic E-state index is 0. The number of allylic oxidation sites excluding steroid dienone is 1. The van der Waals surface area contributed by atoms with Crippen LogP contribution in [0.3, 0.4) is 0 Å². The SMILES string of the molecule is CC(C)(C)CC1=Cc2cccc3nc(-c4[c-]cccc4)n(c23)C1.Cc1c[c-]c(-c2ccc(C)cn2)cc1.[Ir]. The Labute approximate surface area is 240 Å². The second-order valence-corrected chi connectivity index (χ2v) is 11.1. The maximum atomic E-state index is 4.88. The molecule has 6 rings (SSSR count). The van der Waals surface area contributed by atoms with Gasteiger partial charge < -0.3 is 9.55 Å². The van der Waals surface area contributed by atoms with Crippen molar-refractivity contribution >= 4 is 17.1 Å². The van der Waals surface area contributed by atoms with E-state index in [0.717, 1.165) is 41.1 Å². The molecule has 38 heavy (non-hydrogen) atoms. The molecule has 0 N–H and O–H groups in total. The molecule has 0 amide bonds. The van der Waals surface area contributed by atoms with Gasteiger partial charge in [-0.3, -0.25) is 4.98 Å². The molecule has 1 aliphatic rings. The van der Waals surface area contributed by atoms with Crippen molar-refractivity contribution < 1.29 is 20.1 Å². The zero-order chi connectivity index (χ0) is 26.0. The molecule has 3 nitrogen and oxygen atoms in total. The molecule has 3 aromatic carbocycles. The monoisotopic (exact) mass is 676 g/mol. The van der Waals surface area contributed by atoms with E-state index in [1.54, 1.807) is 0 Å². The summed E-state index contributed by atoms with van der Waals surface area (Å²) in [6, 6.07) is 31.2. The van der Waals surface area contributed by atoms with Crippen molar-refractivity contribution in [3.8, 4) is 22.6 Å². The van der Waals surface area contributed by atoms with Gasteiger partial charge in [-0.1, -0.05) is 63.6 Å². The van der Waals surface area contributed by atoms with Crippen LogP contribution >= 0.6 is 0 Å². The van der Waals surface area contributed by atoms with Crippen LogP contribution in [0.25, 0.3) is 39.8 Å². The first kappa shape index (κ1) is 27.7. The van der Waals surface area contributed by atoms with Crippen LogP contribution in [0.5, 0.6) is 0 Å². The van der Waals surface area contributed by atoms with E-state index in [1.807, 2.05) is 49.5 Å². The van der Waals surface area contributed by atoms with Crippen LogP contribution < -0.4 is 0 Å². The Kier molecular flexibility index (Phi) is 8.45. The zero-order valence-electron chi connectivity index (χ0n) is 22.7. The first-order chi connectivity index (χ1) is 17.8. The van der Waals surface area contributed by atoms with Crippen LogP contribution in [-0.4, -0.2) is 14.5 Å². The summed E-state index contributed by atoms with van der Waals surface area (Å²) in [4.78, 5) is 9.23. The van der Waals surface area contributed by atoms with Crippen LogP contribution in [0, 0.1) is 31.4 Å². The Morgan fingerprint density at radius 2 is 1.68 bits per heavy atom. The van der Waals surface area contributed by atoms with Gasteiger partial charge in [0.2, 0.25) is 0 Å². The van der Waals surface area contributed by atoms with E-state index in [-0.39, 0.29) is 25.5 Å². The van der Waals surface area contributed by atoms with Crippen molar-refractivity contribution in [3.05, 3.63) is 113 Å². The minimum Gasteiger partial charge on any atom is -0.360 e. The number of nitrogens with zero attached hydrogens (tertiary/aromatic N) is 3. The van der Waals surface area contributed by atoms with Gasteiger partial charge in [-0.15, -0.1) is 71.3 Å². The molecule has 0 aliphatic carbocycles. The average molecular weight is 676 g/mol. The number of aryl methyl sites for hydroxylation is 2. The van der Waals surface area contributed by atoms with E-state index < -0.39 is 0 Å². The quantitative estimate of drug-likeness (QED) is 0.180. The van der Waals surface area contributed by atoms with E-state index in [9.17, 15) is 0 Å². The van der Waals surface area contributed by atoms with Crippen molar-refractivity contribution in [3.63, 3.8) is 0 Å². The third-order valence-corrected chi connectivity index (χ3v) is 6.38. The van der Waals surface area contributed by atoms with Crippen LogP contribution in [0.2, 0.25) is 0 Å². The molecule has 0 saturated heterocycles. The van der Waals surface area contributed by atoms with E-state index in [4.69, 9.17) is 4.98 Å². The summed E-state index contributed by atoms with van der Waals surface area (Å²) in [5.74, 6) is 1.02. The Morgan fingerprint density at radius 3 is 2.34 bits per heavy atom. The summed E-state index contributed by atoms with van der Waals surface area (Å²) in [6.45, 7) is 11.9. The summed E-state index contributed by atoms with van der Waals surface area (Å²) in [7, 11) is 0. The number of aromatic nitrogens is 3. The van der Waals surface area contributed by atoms with E-state index in [0.29, 0.717) is 0 Å². The molecule has 0 unspecified atom stereocenters. The molecule has 0 spiro atoms. The van der Waals surface area contributed by atoms with Gasteiger partial charge in [-0.05, 0) is 41.6 Å². The summed E-state index contributed by atoms with van der Waals surface area (Å²) in [6.07, 6.45) is 5.33. The predicted octanol–water partition coefficient (Wildman–Crippen LogP) is 8.50. The standard InChI is InChI=1S/C21H21N2.C13H12N.Ir/c1-21(2,3)13-15-12-17-10-7-11-18-19(17)23(14-15)20(22-18)16-8-5-4-6-9-16;1-10-3-6-12(7-4-10)13-8-5-11(2)9-14-13;/h4-8,10-12H,13-14H2,1-3H3;3-6,8-9H,1-2H3;/q2*-1;. The Hall–Kier alpha value is -3.33. The smallest absolute Gasteiger partial charge is 0.0777 e. The van der Waals surface area contributed by atoms with Gasteiger partial charge in [0.15, 0.2) is 0 Å². The van der Waals surface area contributed by atoms with E-state index >= 15 is 0 Å². The van der Waals surface area contributed by atoms with E-state index in [1.165, 1.54) is 27.8 Å². The van der Waals surface area contributed by atoms with Crippen LogP contribution in [0.15, 0.2) is 84.6 Å². The van der Waals surface area contributed by atoms with E-state index in [2.05, 4.69) is 91.9 Å². The molecule has 5 aromatic rings. The normalized spacial score (nSPS) is 12.3. The van der Waals surface area contributed by atoms with Crippen LogP contribution in [0.4, 0.5) is 0 Å². The maximum absolute atomic E-state index is 4.88. The fourth-order valence-electron chi connectivity index (χ4n) is 4.77. The molecular formula is C34H33IrN3-2.